The molecular formula is C17H21N3O4. The van der Waals surface area contributed by atoms with Crippen molar-refractivity contribution < 1.29 is 19.4 Å². The molecule has 1 atom stereocenters. The highest BCUT2D eigenvalue weighted by Crippen LogP contribution is 2.25. The van der Waals surface area contributed by atoms with Crippen molar-refractivity contribution >= 4 is 17.5 Å². The summed E-state index contributed by atoms with van der Waals surface area (Å²) in [5.74, 6) is -1.18. The van der Waals surface area contributed by atoms with Crippen molar-refractivity contribution in [1.29, 1.82) is 0 Å². The van der Waals surface area contributed by atoms with Crippen LogP contribution in [0.5, 0.6) is 5.75 Å². The molecule has 0 aliphatic heterocycles. The molecule has 0 spiro atoms. The van der Waals surface area contributed by atoms with Crippen LogP contribution in [-0.4, -0.2) is 35.1 Å². The van der Waals surface area contributed by atoms with Crippen molar-refractivity contribution in [2.45, 2.75) is 13.0 Å². The maximum atomic E-state index is 12.0. The highest BCUT2D eigenvalue weighted by atomic mass is 16.5. The Kier molecular flexibility index (Phi) is 5.59. The first kappa shape index (κ1) is 17.6. The molecule has 0 bridgehead atoms. The van der Waals surface area contributed by atoms with Gasteiger partial charge < -0.3 is 25.0 Å². The number of amides is 2. The lowest BCUT2D eigenvalue weighted by atomic mass is 10.2. The van der Waals surface area contributed by atoms with Gasteiger partial charge in [0.25, 0.3) is 0 Å². The summed E-state index contributed by atoms with van der Waals surface area (Å²) in [5.41, 5.74) is 1.99. The summed E-state index contributed by atoms with van der Waals surface area (Å²) < 4.78 is 6.90. The van der Waals surface area contributed by atoms with E-state index in [9.17, 15) is 14.7 Å². The number of carbonyl (C=O) groups excluding carboxylic acids is 2. The Bertz CT molecular complexity index is 739. The van der Waals surface area contributed by atoms with Gasteiger partial charge >= 0.3 is 11.8 Å². The smallest absolute Gasteiger partial charge is 0.313 e. The van der Waals surface area contributed by atoms with Crippen LogP contribution in [-0.2, 0) is 16.6 Å². The molecule has 1 unspecified atom stereocenters. The zero-order valence-corrected chi connectivity index (χ0v) is 13.9. The quantitative estimate of drug-likeness (QED) is 0.716. The van der Waals surface area contributed by atoms with Gasteiger partial charge in [0, 0.05) is 25.5 Å². The number of ether oxygens (including phenoxy) is 1. The molecule has 0 saturated heterocycles. The number of methoxy groups -OCH3 is 1. The molecule has 1 heterocycles. The van der Waals surface area contributed by atoms with E-state index in [1.807, 2.05) is 13.0 Å². The van der Waals surface area contributed by atoms with Gasteiger partial charge in [-0.25, -0.2) is 0 Å². The van der Waals surface area contributed by atoms with Crippen molar-refractivity contribution in [3.63, 3.8) is 0 Å². The summed E-state index contributed by atoms with van der Waals surface area (Å²) in [6.45, 7) is 1.81. The first-order valence-electron chi connectivity index (χ1n) is 7.45. The van der Waals surface area contributed by atoms with E-state index in [1.165, 1.54) is 7.11 Å². The van der Waals surface area contributed by atoms with Crippen molar-refractivity contribution in [2.24, 2.45) is 7.05 Å². The number of aliphatic hydroxyl groups is 1. The maximum Gasteiger partial charge on any atom is 0.313 e. The SMILES string of the molecule is COc1ccc(C)cc1NC(=O)C(=O)NCC(O)c1cccn1C. The van der Waals surface area contributed by atoms with Crippen LogP contribution in [0.1, 0.15) is 17.4 Å². The van der Waals surface area contributed by atoms with Crippen molar-refractivity contribution in [3.05, 3.63) is 47.8 Å². The number of rotatable bonds is 5. The Morgan fingerprint density at radius 3 is 2.67 bits per heavy atom. The third kappa shape index (κ3) is 4.14. The second-order valence-corrected chi connectivity index (χ2v) is 5.43. The van der Waals surface area contributed by atoms with Crippen LogP contribution >= 0.6 is 0 Å². The molecule has 3 N–H and O–H groups in total. The zero-order valence-electron chi connectivity index (χ0n) is 13.9. The van der Waals surface area contributed by atoms with E-state index < -0.39 is 17.9 Å². The number of aromatic nitrogens is 1. The predicted molar refractivity (Wildman–Crippen MR) is 89.7 cm³/mol. The third-order valence-electron chi connectivity index (χ3n) is 3.59. The second-order valence-electron chi connectivity index (χ2n) is 5.43. The van der Waals surface area contributed by atoms with E-state index in [2.05, 4.69) is 10.6 Å². The molecule has 0 saturated carbocycles. The van der Waals surface area contributed by atoms with Crippen LogP contribution in [0, 0.1) is 6.92 Å². The number of benzene rings is 1. The lowest BCUT2D eigenvalue weighted by Crippen LogP contribution is -2.38. The molecule has 2 rings (SSSR count). The van der Waals surface area contributed by atoms with Crippen LogP contribution in [0.25, 0.3) is 0 Å². The Morgan fingerprint density at radius 1 is 1.29 bits per heavy atom. The Labute approximate surface area is 140 Å². The number of nitrogens with zero attached hydrogens (tertiary/aromatic N) is 1. The Balaban J connectivity index is 1.94. The van der Waals surface area contributed by atoms with Crippen LogP contribution in [0.4, 0.5) is 5.69 Å². The van der Waals surface area contributed by atoms with E-state index in [-0.39, 0.29) is 6.54 Å². The standard InChI is InChI=1S/C17H21N3O4/c1-11-6-7-15(24-3)12(9-11)19-17(23)16(22)18-10-14(21)13-5-4-8-20(13)2/h4-9,14,21H,10H2,1-3H3,(H,18,22)(H,19,23). The van der Waals surface area contributed by atoms with Gasteiger partial charge in [0.2, 0.25) is 0 Å². The molecule has 7 nitrogen and oxygen atoms in total. The molecule has 2 amide bonds. The average molecular weight is 331 g/mol. The fourth-order valence-corrected chi connectivity index (χ4v) is 2.29. The second kappa shape index (κ2) is 7.65. The highest BCUT2D eigenvalue weighted by molar-refractivity contribution is 6.39. The molecule has 1 aromatic heterocycles. The number of carbonyl (C=O) groups is 2. The minimum absolute atomic E-state index is 0.0605. The highest BCUT2D eigenvalue weighted by Gasteiger charge is 2.18. The molecule has 7 heteroatoms. The van der Waals surface area contributed by atoms with Gasteiger partial charge in [0.05, 0.1) is 12.8 Å². The molecule has 0 aliphatic carbocycles. The number of hydrogen-bond donors (Lipinski definition) is 3. The van der Waals surface area contributed by atoms with Crippen LogP contribution in [0.2, 0.25) is 0 Å². The molecular weight excluding hydrogens is 310 g/mol. The number of anilines is 1. The van der Waals surface area contributed by atoms with Gasteiger partial charge in [-0.3, -0.25) is 9.59 Å². The summed E-state index contributed by atoms with van der Waals surface area (Å²) in [5, 5.41) is 15.0. The fraction of sp³-hybridized carbons (Fsp3) is 0.294. The van der Waals surface area contributed by atoms with Gasteiger partial charge in [0.15, 0.2) is 0 Å². The summed E-state index contributed by atoms with van der Waals surface area (Å²) in [4.78, 5) is 23.9. The van der Waals surface area contributed by atoms with Crippen molar-refractivity contribution in [1.82, 2.24) is 9.88 Å². The van der Waals surface area contributed by atoms with Gasteiger partial charge in [-0.15, -0.1) is 0 Å². The van der Waals surface area contributed by atoms with Crippen LogP contribution < -0.4 is 15.4 Å². The molecule has 2 aromatic rings. The summed E-state index contributed by atoms with van der Waals surface area (Å²) in [6.07, 6.45) is 0.896. The molecule has 1 aromatic carbocycles. The topological polar surface area (TPSA) is 92.6 Å². The van der Waals surface area contributed by atoms with Gasteiger partial charge in [-0.05, 0) is 36.8 Å². The van der Waals surface area contributed by atoms with Crippen LogP contribution in [0.3, 0.4) is 0 Å². The number of aryl methyl sites for hydroxylation is 2. The first-order chi connectivity index (χ1) is 11.4. The molecule has 128 valence electrons. The summed E-state index contributed by atoms with van der Waals surface area (Å²) >= 11 is 0. The Hall–Kier alpha value is -2.80. The normalized spacial score (nSPS) is 11.7. The number of aliphatic hydroxyl groups excluding tert-OH is 1. The number of nitrogens with one attached hydrogen (secondary N) is 2. The van der Waals surface area contributed by atoms with Crippen LogP contribution in [0.15, 0.2) is 36.5 Å². The van der Waals surface area contributed by atoms with E-state index >= 15 is 0 Å². The van der Waals surface area contributed by atoms with E-state index in [0.717, 1.165) is 5.56 Å². The molecule has 0 aliphatic rings. The average Bonchev–Trinajstić information content (AvgIpc) is 2.98. The maximum absolute atomic E-state index is 12.0. The number of hydrogen-bond acceptors (Lipinski definition) is 4. The zero-order chi connectivity index (χ0) is 17.7. The lowest BCUT2D eigenvalue weighted by Gasteiger charge is -2.14. The minimum Gasteiger partial charge on any atom is -0.495 e. The Morgan fingerprint density at radius 2 is 2.04 bits per heavy atom. The van der Waals surface area contributed by atoms with E-state index in [4.69, 9.17) is 4.74 Å². The predicted octanol–water partition coefficient (Wildman–Crippen LogP) is 1.13. The van der Waals surface area contributed by atoms with E-state index in [1.54, 1.807) is 42.1 Å². The van der Waals surface area contributed by atoms with Gasteiger partial charge in [-0.2, -0.15) is 0 Å². The van der Waals surface area contributed by atoms with Crippen molar-refractivity contribution in [3.8, 4) is 5.75 Å². The van der Waals surface area contributed by atoms with Crippen molar-refractivity contribution in [2.75, 3.05) is 19.0 Å². The summed E-state index contributed by atoms with van der Waals surface area (Å²) in [7, 11) is 3.27. The molecule has 0 fully saturated rings. The lowest BCUT2D eigenvalue weighted by molar-refractivity contribution is -0.136. The fourth-order valence-electron chi connectivity index (χ4n) is 2.29. The third-order valence-corrected chi connectivity index (χ3v) is 3.59. The monoisotopic (exact) mass is 331 g/mol. The molecule has 0 radical (unpaired) electrons. The largest absolute Gasteiger partial charge is 0.495 e. The minimum atomic E-state index is -0.893. The first-order valence-corrected chi connectivity index (χ1v) is 7.45. The van der Waals surface area contributed by atoms with Gasteiger partial charge in [-0.1, -0.05) is 6.07 Å². The van der Waals surface area contributed by atoms with Gasteiger partial charge in [0.1, 0.15) is 11.9 Å². The summed E-state index contributed by atoms with van der Waals surface area (Å²) in [6, 6.07) is 8.79. The molecule has 24 heavy (non-hydrogen) atoms. The van der Waals surface area contributed by atoms with E-state index in [0.29, 0.717) is 17.1 Å².